The maximum absolute atomic E-state index is 12.1. The van der Waals surface area contributed by atoms with Crippen LogP contribution in [0.4, 0.5) is 0 Å². The second-order valence-corrected chi connectivity index (χ2v) is 5.77. The summed E-state index contributed by atoms with van der Waals surface area (Å²) in [7, 11) is 0. The van der Waals surface area contributed by atoms with Gasteiger partial charge in [0.15, 0.2) is 0 Å². The quantitative estimate of drug-likeness (QED) is 0.747. The van der Waals surface area contributed by atoms with Crippen LogP contribution in [0.25, 0.3) is 0 Å². The molecule has 0 amide bonds. The fraction of sp³-hybridized carbons (Fsp3) is 0.933. The first-order valence-corrected chi connectivity index (χ1v) is 7.59. The lowest BCUT2D eigenvalue weighted by molar-refractivity contribution is -0.127. The van der Waals surface area contributed by atoms with E-state index in [2.05, 4.69) is 11.8 Å². The molecule has 0 aromatic rings. The van der Waals surface area contributed by atoms with E-state index in [4.69, 9.17) is 0 Å². The zero-order valence-corrected chi connectivity index (χ0v) is 11.3. The maximum Gasteiger partial charge on any atom is 0.137 e. The second kappa shape index (κ2) is 6.53. The Kier molecular flexibility index (Phi) is 5.02. The Morgan fingerprint density at radius 2 is 2.00 bits per heavy atom. The Labute approximate surface area is 106 Å². The van der Waals surface area contributed by atoms with Crippen molar-refractivity contribution in [2.75, 3.05) is 13.1 Å². The third-order valence-corrected chi connectivity index (χ3v) is 4.53. The van der Waals surface area contributed by atoms with E-state index in [-0.39, 0.29) is 0 Å². The number of unbranched alkanes of at least 4 members (excludes halogenated alkanes) is 1. The molecule has 2 atom stereocenters. The van der Waals surface area contributed by atoms with E-state index < -0.39 is 0 Å². The molecule has 1 aliphatic heterocycles. The molecule has 1 heterocycles. The van der Waals surface area contributed by atoms with Gasteiger partial charge in [-0.25, -0.2) is 0 Å². The van der Waals surface area contributed by atoms with E-state index >= 15 is 0 Å². The van der Waals surface area contributed by atoms with Gasteiger partial charge in [0.1, 0.15) is 5.78 Å². The van der Waals surface area contributed by atoms with Crippen molar-refractivity contribution < 1.29 is 4.79 Å². The fourth-order valence-electron chi connectivity index (χ4n) is 3.53. The molecule has 2 nitrogen and oxygen atoms in total. The predicted octanol–water partition coefficient (Wildman–Crippen LogP) is 3.40. The number of piperidine rings is 1. The summed E-state index contributed by atoms with van der Waals surface area (Å²) in [5.41, 5.74) is 0. The summed E-state index contributed by atoms with van der Waals surface area (Å²) >= 11 is 0. The Morgan fingerprint density at radius 1 is 1.18 bits per heavy atom. The molecule has 0 aromatic carbocycles. The Morgan fingerprint density at radius 3 is 2.76 bits per heavy atom. The summed E-state index contributed by atoms with van der Waals surface area (Å²) in [4.78, 5) is 14.7. The highest BCUT2D eigenvalue weighted by Crippen LogP contribution is 2.31. The molecule has 2 aliphatic rings. The van der Waals surface area contributed by atoms with Gasteiger partial charge < -0.3 is 0 Å². The van der Waals surface area contributed by atoms with Gasteiger partial charge in [0, 0.05) is 18.4 Å². The summed E-state index contributed by atoms with van der Waals surface area (Å²) in [5.74, 6) is 0.936. The molecule has 1 aliphatic carbocycles. The number of rotatable bonds is 4. The molecular formula is C15H27NO. The van der Waals surface area contributed by atoms with Crippen LogP contribution in [0.3, 0.4) is 0 Å². The minimum Gasteiger partial charge on any atom is -0.300 e. The first-order chi connectivity index (χ1) is 8.33. The molecule has 0 aromatic heterocycles. The Balaban J connectivity index is 1.96. The van der Waals surface area contributed by atoms with Gasteiger partial charge in [-0.05, 0) is 45.2 Å². The van der Waals surface area contributed by atoms with Gasteiger partial charge in [0.25, 0.3) is 0 Å². The van der Waals surface area contributed by atoms with Crippen LogP contribution < -0.4 is 0 Å². The average molecular weight is 237 g/mol. The van der Waals surface area contributed by atoms with Gasteiger partial charge in [-0.1, -0.05) is 26.2 Å². The van der Waals surface area contributed by atoms with Crippen LogP contribution in [-0.4, -0.2) is 29.8 Å². The zero-order chi connectivity index (χ0) is 12.1. The standard InChI is InChI=1S/C15H27NO/c1-2-3-11-16-12-7-6-9-14(16)13-8-4-5-10-15(13)17/h13-14H,2-12H2,1H3. The second-order valence-electron chi connectivity index (χ2n) is 5.77. The van der Waals surface area contributed by atoms with Crippen molar-refractivity contribution in [1.82, 2.24) is 4.90 Å². The van der Waals surface area contributed by atoms with Gasteiger partial charge in [-0.15, -0.1) is 0 Å². The summed E-state index contributed by atoms with van der Waals surface area (Å²) in [6, 6.07) is 0.586. The van der Waals surface area contributed by atoms with E-state index in [0.717, 1.165) is 19.3 Å². The van der Waals surface area contributed by atoms with Gasteiger partial charge in [-0.3, -0.25) is 9.69 Å². The molecule has 0 spiro atoms. The number of carbonyl (C=O) groups excluding carboxylic acids is 1. The number of hydrogen-bond acceptors (Lipinski definition) is 2. The van der Waals surface area contributed by atoms with Crippen LogP contribution >= 0.6 is 0 Å². The first-order valence-electron chi connectivity index (χ1n) is 7.59. The van der Waals surface area contributed by atoms with Gasteiger partial charge in [0.2, 0.25) is 0 Å². The Hall–Kier alpha value is -0.370. The van der Waals surface area contributed by atoms with Crippen molar-refractivity contribution in [1.29, 1.82) is 0 Å². The minimum atomic E-state index is 0.376. The lowest BCUT2D eigenvalue weighted by Crippen LogP contribution is -2.47. The van der Waals surface area contributed by atoms with Crippen LogP contribution in [0.15, 0.2) is 0 Å². The molecule has 2 fully saturated rings. The van der Waals surface area contributed by atoms with Gasteiger partial charge in [-0.2, -0.15) is 0 Å². The summed E-state index contributed by atoms with van der Waals surface area (Å²) < 4.78 is 0. The molecule has 2 rings (SSSR count). The van der Waals surface area contributed by atoms with Crippen molar-refractivity contribution in [3.8, 4) is 0 Å². The largest absolute Gasteiger partial charge is 0.300 e. The van der Waals surface area contributed by atoms with Gasteiger partial charge in [0.05, 0.1) is 0 Å². The number of likely N-dealkylation sites (tertiary alicyclic amines) is 1. The monoisotopic (exact) mass is 237 g/mol. The number of hydrogen-bond donors (Lipinski definition) is 0. The third-order valence-electron chi connectivity index (χ3n) is 4.53. The molecule has 0 bridgehead atoms. The minimum absolute atomic E-state index is 0.376. The van der Waals surface area contributed by atoms with E-state index in [1.54, 1.807) is 0 Å². The summed E-state index contributed by atoms with van der Waals surface area (Å²) in [5, 5.41) is 0. The number of nitrogens with zero attached hydrogens (tertiary/aromatic N) is 1. The number of ketones is 1. The average Bonchev–Trinajstić information content (AvgIpc) is 2.37. The summed E-state index contributed by atoms with van der Waals surface area (Å²) in [6.07, 6.45) is 10.9. The van der Waals surface area contributed by atoms with Crippen LogP contribution in [-0.2, 0) is 4.79 Å². The molecule has 17 heavy (non-hydrogen) atoms. The topological polar surface area (TPSA) is 20.3 Å². The van der Waals surface area contributed by atoms with Gasteiger partial charge >= 0.3 is 0 Å². The van der Waals surface area contributed by atoms with Crippen molar-refractivity contribution in [3.63, 3.8) is 0 Å². The normalized spacial score (nSPS) is 31.7. The highest BCUT2D eigenvalue weighted by atomic mass is 16.1. The van der Waals surface area contributed by atoms with Crippen molar-refractivity contribution in [2.24, 2.45) is 5.92 Å². The van der Waals surface area contributed by atoms with Crippen LogP contribution in [0, 0.1) is 5.92 Å². The molecule has 1 saturated carbocycles. The lowest BCUT2D eigenvalue weighted by Gasteiger charge is -2.41. The van der Waals surface area contributed by atoms with Crippen molar-refractivity contribution in [3.05, 3.63) is 0 Å². The number of Topliss-reactive ketones (excluding diaryl/α,β-unsaturated/α-hetero) is 1. The Bertz CT molecular complexity index is 251. The zero-order valence-electron chi connectivity index (χ0n) is 11.3. The highest BCUT2D eigenvalue weighted by Gasteiger charge is 2.34. The molecule has 2 unspecified atom stereocenters. The molecule has 0 N–H and O–H groups in total. The first kappa shape index (κ1) is 13.1. The van der Waals surface area contributed by atoms with Crippen LogP contribution in [0.1, 0.15) is 64.7 Å². The highest BCUT2D eigenvalue weighted by molar-refractivity contribution is 5.82. The molecule has 2 heteroatoms. The molecule has 98 valence electrons. The SMILES string of the molecule is CCCCN1CCCCC1C1CCCCC1=O. The predicted molar refractivity (Wildman–Crippen MR) is 71.1 cm³/mol. The third kappa shape index (κ3) is 3.31. The van der Waals surface area contributed by atoms with E-state index in [9.17, 15) is 4.79 Å². The van der Waals surface area contributed by atoms with Crippen LogP contribution in [0.5, 0.6) is 0 Å². The van der Waals surface area contributed by atoms with E-state index in [0.29, 0.717) is 17.7 Å². The fourth-order valence-corrected chi connectivity index (χ4v) is 3.53. The molecule has 1 saturated heterocycles. The summed E-state index contributed by atoms with van der Waals surface area (Å²) in [6.45, 7) is 4.70. The van der Waals surface area contributed by atoms with Crippen LogP contribution in [0.2, 0.25) is 0 Å². The smallest absolute Gasteiger partial charge is 0.137 e. The lowest BCUT2D eigenvalue weighted by atomic mass is 9.79. The molecule has 0 radical (unpaired) electrons. The van der Waals surface area contributed by atoms with E-state index in [1.165, 1.54) is 51.6 Å². The van der Waals surface area contributed by atoms with E-state index in [1.807, 2.05) is 0 Å². The number of carbonyl (C=O) groups is 1. The van der Waals surface area contributed by atoms with Crippen molar-refractivity contribution >= 4 is 5.78 Å². The van der Waals surface area contributed by atoms with Crippen molar-refractivity contribution in [2.45, 2.75) is 70.8 Å². The maximum atomic E-state index is 12.1. The molecular weight excluding hydrogens is 210 g/mol.